The molecule has 0 spiro atoms. The van der Waals surface area contributed by atoms with E-state index in [2.05, 4.69) is 33.9 Å². The van der Waals surface area contributed by atoms with E-state index in [-0.39, 0.29) is 5.91 Å². The van der Waals surface area contributed by atoms with Gasteiger partial charge in [0.15, 0.2) is 0 Å². The summed E-state index contributed by atoms with van der Waals surface area (Å²) in [5.41, 5.74) is 0.864. The molecular weight excluding hydrogens is 317 g/mol. The second-order valence-electron chi connectivity index (χ2n) is 3.63. The summed E-state index contributed by atoms with van der Waals surface area (Å²) in [5, 5.41) is 2.63. The molecule has 0 aromatic heterocycles. The predicted octanol–water partition coefficient (Wildman–Crippen LogP) is 4.13. The second-order valence-corrected chi connectivity index (χ2v) is 5.00. The number of halogens is 2. The minimum Gasteiger partial charge on any atom is -0.321 e. The molecule has 1 amide bonds. The first-order valence-corrected chi connectivity index (χ1v) is 6.36. The lowest BCUT2D eigenvalue weighted by molar-refractivity contribution is 0.102. The van der Waals surface area contributed by atoms with E-state index < -0.39 is 5.82 Å². The number of thiol groups is 1. The summed E-state index contributed by atoms with van der Waals surface area (Å²) in [5.74, 6) is -0.714. The Bertz CT molecular complexity index is 603. The number of benzene rings is 2. The van der Waals surface area contributed by atoms with Crippen molar-refractivity contribution in [3.8, 4) is 0 Å². The first-order chi connectivity index (χ1) is 8.56. The molecule has 0 saturated carbocycles. The van der Waals surface area contributed by atoms with Gasteiger partial charge < -0.3 is 5.32 Å². The lowest BCUT2D eigenvalue weighted by atomic mass is 10.2. The summed E-state index contributed by atoms with van der Waals surface area (Å²) in [4.78, 5) is 12.6. The first-order valence-electron chi connectivity index (χ1n) is 5.12. The summed E-state index contributed by atoms with van der Waals surface area (Å²) in [7, 11) is 0. The van der Waals surface area contributed by atoms with Crippen LogP contribution in [0.2, 0.25) is 0 Å². The fraction of sp³-hybridized carbons (Fsp3) is 0. The number of nitrogens with one attached hydrogen (secondary N) is 1. The molecule has 0 aliphatic heterocycles. The molecule has 2 aromatic carbocycles. The van der Waals surface area contributed by atoms with Gasteiger partial charge in [-0.2, -0.15) is 0 Å². The highest BCUT2D eigenvalue weighted by Gasteiger charge is 2.09. The van der Waals surface area contributed by atoms with Crippen molar-refractivity contribution in [1.29, 1.82) is 0 Å². The number of carbonyl (C=O) groups is 1. The molecule has 18 heavy (non-hydrogen) atoms. The highest BCUT2D eigenvalue weighted by Crippen LogP contribution is 2.23. The molecule has 0 unspecified atom stereocenters. The molecule has 0 aliphatic carbocycles. The number of anilines is 1. The monoisotopic (exact) mass is 325 g/mol. The fourth-order valence-electron chi connectivity index (χ4n) is 1.43. The van der Waals surface area contributed by atoms with E-state index in [4.69, 9.17) is 0 Å². The van der Waals surface area contributed by atoms with Crippen LogP contribution in [0.5, 0.6) is 0 Å². The average molecular weight is 326 g/mol. The summed E-state index contributed by atoms with van der Waals surface area (Å²) >= 11 is 7.41. The quantitative estimate of drug-likeness (QED) is 0.799. The van der Waals surface area contributed by atoms with Gasteiger partial charge in [0.2, 0.25) is 0 Å². The van der Waals surface area contributed by atoms with Gasteiger partial charge in [0.25, 0.3) is 5.91 Å². The number of amides is 1. The van der Waals surface area contributed by atoms with Gasteiger partial charge >= 0.3 is 0 Å². The summed E-state index contributed by atoms with van der Waals surface area (Å²) < 4.78 is 13.7. The Labute approximate surface area is 118 Å². The van der Waals surface area contributed by atoms with Crippen LogP contribution in [0.25, 0.3) is 0 Å². The summed E-state index contributed by atoms with van der Waals surface area (Å²) in [6, 6.07) is 10.9. The van der Waals surface area contributed by atoms with Crippen LogP contribution in [-0.4, -0.2) is 5.91 Å². The van der Waals surface area contributed by atoms with Crippen LogP contribution in [0.4, 0.5) is 10.1 Å². The highest BCUT2D eigenvalue weighted by molar-refractivity contribution is 9.10. The van der Waals surface area contributed by atoms with Gasteiger partial charge in [0.1, 0.15) is 5.82 Å². The van der Waals surface area contributed by atoms with Gasteiger partial charge in [-0.3, -0.25) is 4.79 Å². The van der Waals surface area contributed by atoms with Crippen LogP contribution in [0.15, 0.2) is 51.8 Å². The maximum absolute atomic E-state index is 13.1. The highest BCUT2D eigenvalue weighted by atomic mass is 79.9. The molecule has 0 heterocycles. The zero-order valence-corrected chi connectivity index (χ0v) is 11.6. The molecule has 0 fully saturated rings. The van der Waals surface area contributed by atoms with Crippen molar-refractivity contribution in [2.45, 2.75) is 4.90 Å². The zero-order valence-electron chi connectivity index (χ0n) is 9.15. The lowest BCUT2D eigenvalue weighted by Gasteiger charge is -2.07. The Balaban J connectivity index is 2.24. The molecule has 2 nitrogen and oxygen atoms in total. The first kappa shape index (κ1) is 13.1. The molecule has 2 aromatic rings. The summed E-state index contributed by atoms with van der Waals surface area (Å²) in [6.45, 7) is 0. The van der Waals surface area contributed by atoms with Crippen LogP contribution in [0, 0.1) is 5.82 Å². The molecule has 0 radical (unpaired) electrons. The smallest absolute Gasteiger partial charge is 0.255 e. The molecule has 0 aliphatic rings. The van der Waals surface area contributed by atoms with Gasteiger partial charge in [-0.1, -0.05) is 6.07 Å². The van der Waals surface area contributed by atoms with Gasteiger partial charge in [-0.05, 0) is 52.3 Å². The maximum Gasteiger partial charge on any atom is 0.255 e. The normalized spacial score (nSPS) is 10.2. The molecule has 0 bridgehead atoms. The van der Waals surface area contributed by atoms with Crippen molar-refractivity contribution in [2.75, 3.05) is 5.32 Å². The minimum absolute atomic E-state index is 0.308. The summed E-state index contributed by atoms with van der Waals surface area (Å²) in [6.07, 6.45) is 0. The van der Waals surface area contributed by atoms with Crippen molar-refractivity contribution < 1.29 is 9.18 Å². The Kier molecular flexibility index (Phi) is 4.04. The van der Waals surface area contributed by atoms with Gasteiger partial charge in [0.05, 0.1) is 5.69 Å². The molecule has 2 rings (SSSR count). The third-order valence-electron chi connectivity index (χ3n) is 2.28. The molecule has 92 valence electrons. The van der Waals surface area contributed by atoms with E-state index in [9.17, 15) is 9.18 Å². The molecule has 1 N–H and O–H groups in total. The number of hydrogen-bond donors (Lipinski definition) is 2. The van der Waals surface area contributed by atoms with Gasteiger partial charge in [0, 0.05) is 14.9 Å². The zero-order chi connectivity index (χ0) is 13.1. The molecule has 0 atom stereocenters. The number of rotatable bonds is 2. The Morgan fingerprint density at radius 3 is 2.72 bits per heavy atom. The van der Waals surface area contributed by atoms with Crippen molar-refractivity contribution in [2.24, 2.45) is 0 Å². The molecule has 5 heteroatoms. The predicted molar refractivity (Wildman–Crippen MR) is 75.7 cm³/mol. The largest absolute Gasteiger partial charge is 0.321 e. The average Bonchev–Trinajstić information content (AvgIpc) is 2.34. The third kappa shape index (κ3) is 3.11. The molecular formula is C13H9BrFNOS. The number of hydrogen-bond acceptors (Lipinski definition) is 2. The number of carbonyl (C=O) groups excluding carboxylic acids is 1. The van der Waals surface area contributed by atoms with E-state index in [1.807, 2.05) is 0 Å². The van der Waals surface area contributed by atoms with E-state index in [0.717, 1.165) is 0 Å². The standard InChI is InChI=1S/C13H9BrFNOS/c14-11-5-4-9(15)7-12(11)16-13(17)8-2-1-3-10(18)6-8/h1-7,18H,(H,16,17). The molecule has 0 saturated heterocycles. The Hall–Kier alpha value is -1.33. The van der Waals surface area contributed by atoms with Crippen LogP contribution in [-0.2, 0) is 0 Å². The van der Waals surface area contributed by atoms with Crippen LogP contribution < -0.4 is 5.32 Å². The third-order valence-corrected chi connectivity index (χ3v) is 3.25. The van der Waals surface area contributed by atoms with Crippen molar-refractivity contribution in [3.63, 3.8) is 0 Å². The van der Waals surface area contributed by atoms with Crippen LogP contribution >= 0.6 is 28.6 Å². The van der Waals surface area contributed by atoms with E-state index in [1.165, 1.54) is 12.1 Å². The minimum atomic E-state index is -0.406. The SMILES string of the molecule is O=C(Nc1cc(F)ccc1Br)c1cccc(S)c1. The van der Waals surface area contributed by atoms with E-state index in [1.54, 1.807) is 30.3 Å². The maximum atomic E-state index is 13.1. The second kappa shape index (κ2) is 5.54. The Morgan fingerprint density at radius 1 is 1.22 bits per heavy atom. The van der Waals surface area contributed by atoms with Gasteiger partial charge in [-0.25, -0.2) is 4.39 Å². The van der Waals surface area contributed by atoms with Crippen molar-refractivity contribution in [1.82, 2.24) is 0 Å². The van der Waals surface area contributed by atoms with Crippen LogP contribution in [0.1, 0.15) is 10.4 Å². The van der Waals surface area contributed by atoms with Crippen molar-refractivity contribution >= 4 is 40.2 Å². The van der Waals surface area contributed by atoms with Crippen LogP contribution in [0.3, 0.4) is 0 Å². The van der Waals surface area contributed by atoms with E-state index >= 15 is 0 Å². The Morgan fingerprint density at radius 2 is 2.00 bits per heavy atom. The van der Waals surface area contributed by atoms with E-state index in [0.29, 0.717) is 20.6 Å². The lowest BCUT2D eigenvalue weighted by Crippen LogP contribution is -2.12. The topological polar surface area (TPSA) is 29.1 Å². The fourth-order valence-corrected chi connectivity index (χ4v) is 2.01. The van der Waals surface area contributed by atoms with Crippen molar-refractivity contribution in [3.05, 3.63) is 58.3 Å². The van der Waals surface area contributed by atoms with Gasteiger partial charge in [-0.15, -0.1) is 12.6 Å².